The van der Waals surface area contributed by atoms with Gasteiger partial charge in [0.15, 0.2) is 0 Å². The van der Waals surface area contributed by atoms with Crippen molar-refractivity contribution in [2.45, 2.75) is 267 Å². The summed E-state index contributed by atoms with van der Waals surface area (Å²) in [6.45, 7) is 0. The maximum absolute atomic E-state index is 3.59. The number of rotatable bonds is 6. The summed E-state index contributed by atoms with van der Waals surface area (Å²) in [5, 5.41) is 0. The molecule has 0 radical (unpaired) electrons. The summed E-state index contributed by atoms with van der Waals surface area (Å²) in [5.74, 6) is 19.8. The van der Waals surface area contributed by atoms with E-state index >= 15 is 0 Å². The van der Waals surface area contributed by atoms with Crippen LogP contribution in [0, 0.1) is 107 Å². The largest absolute Gasteiger partial charge is 0.294 e. The van der Waals surface area contributed by atoms with E-state index in [0.29, 0.717) is 0 Å². The summed E-state index contributed by atoms with van der Waals surface area (Å²) >= 11 is 0. The molecular formula is C60H96N2. The third kappa shape index (κ3) is 6.57. The van der Waals surface area contributed by atoms with E-state index < -0.39 is 0 Å². The molecular weight excluding hydrogens is 749 g/mol. The van der Waals surface area contributed by atoms with Gasteiger partial charge in [0.05, 0.1) is 0 Å². The quantitative estimate of drug-likeness (QED) is 0.263. The molecule has 0 aromatic carbocycles. The first-order valence-corrected chi connectivity index (χ1v) is 30.3. The zero-order valence-corrected chi connectivity index (χ0v) is 40.2. The van der Waals surface area contributed by atoms with Crippen molar-refractivity contribution in [1.82, 2.24) is 9.80 Å². The molecule has 2 nitrogen and oxygen atoms in total. The first-order valence-electron chi connectivity index (χ1n) is 30.3. The van der Waals surface area contributed by atoms with E-state index in [4.69, 9.17) is 0 Å². The highest BCUT2D eigenvalue weighted by Crippen LogP contribution is 2.66. The molecule has 62 heavy (non-hydrogen) atoms. The number of nitrogens with zero attached hydrogens (tertiary/aromatic N) is 2. The second-order valence-corrected chi connectivity index (χ2v) is 27.6. The summed E-state index contributed by atoms with van der Waals surface area (Å²) in [5.41, 5.74) is 0. The van der Waals surface area contributed by atoms with Crippen LogP contribution in [-0.2, 0) is 0 Å². The van der Waals surface area contributed by atoms with Gasteiger partial charge in [-0.05, 0) is 261 Å². The number of hydrogen-bond donors (Lipinski definition) is 0. The molecule has 14 aliphatic carbocycles. The van der Waals surface area contributed by atoms with Gasteiger partial charge in [-0.25, -0.2) is 0 Å². The van der Waals surface area contributed by atoms with Gasteiger partial charge < -0.3 is 0 Å². The fourth-order valence-corrected chi connectivity index (χ4v) is 24.6. The van der Waals surface area contributed by atoms with Crippen LogP contribution in [0.3, 0.4) is 0 Å². The summed E-state index contributed by atoms with van der Waals surface area (Å²) in [7, 11) is 0. The lowest BCUT2D eigenvalue weighted by atomic mass is 9.45. The summed E-state index contributed by atoms with van der Waals surface area (Å²) in [4.78, 5) is 7.17. The van der Waals surface area contributed by atoms with E-state index in [1.807, 2.05) is 0 Å². The molecule has 0 aliphatic heterocycles. The Morgan fingerprint density at radius 3 is 0.726 bits per heavy atom. The van der Waals surface area contributed by atoms with E-state index in [-0.39, 0.29) is 0 Å². The van der Waals surface area contributed by atoms with Crippen LogP contribution in [0.2, 0.25) is 0 Å². The average Bonchev–Trinajstić information content (AvgIpc) is 3.34. The van der Waals surface area contributed by atoms with Crippen LogP contribution < -0.4 is 0 Å². The minimum Gasteiger partial charge on any atom is -0.294 e. The third-order valence-corrected chi connectivity index (χ3v) is 26.1. The predicted molar refractivity (Wildman–Crippen MR) is 255 cm³/mol. The van der Waals surface area contributed by atoms with Crippen LogP contribution in [0.15, 0.2) is 0 Å². The Kier molecular flexibility index (Phi) is 11.1. The van der Waals surface area contributed by atoms with Gasteiger partial charge in [0.1, 0.15) is 0 Å². The van der Waals surface area contributed by atoms with E-state index in [0.717, 1.165) is 143 Å². The zero-order chi connectivity index (χ0) is 40.5. The molecule has 22 atom stereocenters. The minimum absolute atomic E-state index is 0.932. The van der Waals surface area contributed by atoms with Gasteiger partial charge in [0.2, 0.25) is 0 Å². The first-order chi connectivity index (χ1) is 30.8. The van der Waals surface area contributed by atoms with Gasteiger partial charge in [0.25, 0.3) is 0 Å². The Morgan fingerprint density at radius 1 is 0.177 bits per heavy atom. The molecule has 0 aromatic heterocycles. The molecule has 0 N–H and O–H groups in total. The number of hydrogen-bond acceptors (Lipinski definition) is 2. The van der Waals surface area contributed by atoms with Crippen molar-refractivity contribution in [3.05, 3.63) is 0 Å². The Balaban J connectivity index is 0.782. The van der Waals surface area contributed by atoms with Crippen molar-refractivity contribution in [2.75, 3.05) is 0 Å². The Hall–Kier alpha value is -0.0800. The molecule has 0 saturated heterocycles. The molecule has 22 unspecified atom stereocenters. The Bertz CT molecular complexity index is 1430. The summed E-state index contributed by atoms with van der Waals surface area (Å²) in [6, 6.07) is 5.66. The lowest BCUT2D eigenvalue weighted by Gasteiger charge is -2.67. The highest BCUT2D eigenvalue weighted by Gasteiger charge is 2.62. The lowest BCUT2D eigenvalue weighted by Crippen LogP contribution is -2.67. The average molecular weight is 845 g/mol. The van der Waals surface area contributed by atoms with Crippen LogP contribution in [0.25, 0.3) is 0 Å². The molecule has 0 spiro atoms. The van der Waals surface area contributed by atoms with Crippen molar-refractivity contribution in [1.29, 1.82) is 0 Å². The molecule has 14 rings (SSSR count). The fraction of sp³-hybridized carbons (Fsp3) is 1.00. The van der Waals surface area contributed by atoms with Crippen LogP contribution >= 0.6 is 0 Å². The van der Waals surface area contributed by atoms with Gasteiger partial charge in [-0.2, -0.15) is 0 Å². The smallest absolute Gasteiger partial charge is 0.0132 e. The predicted octanol–water partition coefficient (Wildman–Crippen LogP) is 15.1. The van der Waals surface area contributed by atoms with Crippen LogP contribution in [0.1, 0.15) is 231 Å². The molecule has 0 amide bonds. The Labute approximate surface area is 382 Å². The molecule has 14 saturated carbocycles. The maximum Gasteiger partial charge on any atom is 0.0132 e. The summed E-state index contributed by atoms with van der Waals surface area (Å²) < 4.78 is 0. The first kappa shape index (κ1) is 40.9. The van der Waals surface area contributed by atoms with Crippen molar-refractivity contribution in [3.63, 3.8) is 0 Å². The van der Waals surface area contributed by atoms with Crippen molar-refractivity contribution >= 4 is 0 Å². The van der Waals surface area contributed by atoms with Crippen LogP contribution in [-0.4, -0.2) is 46.1 Å². The van der Waals surface area contributed by atoms with E-state index in [2.05, 4.69) is 9.80 Å². The molecule has 0 bridgehead atoms. The van der Waals surface area contributed by atoms with Gasteiger partial charge in [0, 0.05) is 36.3 Å². The standard InChI is InChI=1S/C60H96N2/c1-3-13-45(14-4-1)61(51-33-25-41-19-17-37-9-7-11-39-21-29-47(51)57(41)55(37)39)53-35-27-43-24-32-50-54(36-28-44-23-31-49(53)59(43)60(44)50)62(46-15-5-2-6-16-46)52-34-26-42-20-18-38-10-8-12-40-22-30-48(52)58(42)56(38)40/h37-60H,1-36H2. The topological polar surface area (TPSA) is 6.48 Å². The van der Waals surface area contributed by atoms with Gasteiger partial charge in [-0.1, -0.05) is 77.0 Å². The molecule has 0 aromatic rings. The van der Waals surface area contributed by atoms with Crippen molar-refractivity contribution in [3.8, 4) is 0 Å². The molecule has 14 fully saturated rings. The van der Waals surface area contributed by atoms with Crippen LogP contribution in [0.5, 0.6) is 0 Å². The van der Waals surface area contributed by atoms with Crippen molar-refractivity contribution in [2.24, 2.45) is 107 Å². The SMILES string of the molecule is C1CCC(N(C2CCC3CCC4CCCC5CCC2C3C45)C2CCC3CCC4C5C(CCC2C35)CCC4N(C2CCCCC2)C2CCC3CCC4CCCC5CCC2C3C45)CC1. The zero-order valence-electron chi connectivity index (χ0n) is 40.2. The van der Waals surface area contributed by atoms with Crippen LogP contribution in [0.4, 0.5) is 0 Å². The lowest BCUT2D eigenvalue weighted by molar-refractivity contribution is -0.173. The third-order valence-electron chi connectivity index (χ3n) is 26.1. The maximum atomic E-state index is 3.59. The second-order valence-electron chi connectivity index (χ2n) is 27.6. The monoisotopic (exact) mass is 845 g/mol. The van der Waals surface area contributed by atoms with Gasteiger partial charge >= 0.3 is 0 Å². The molecule has 0 heterocycles. The van der Waals surface area contributed by atoms with Gasteiger partial charge in [-0.3, -0.25) is 9.80 Å². The second kappa shape index (κ2) is 16.9. The highest BCUT2D eigenvalue weighted by molar-refractivity contribution is 5.13. The fourth-order valence-electron chi connectivity index (χ4n) is 24.6. The van der Waals surface area contributed by atoms with E-state index in [9.17, 15) is 0 Å². The Morgan fingerprint density at radius 2 is 0.419 bits per heavy atom. The molecule has 2 heteroatoms. The van der Waals surface area contributed by atoms with Gasteiger partial charge in [-0.15, -0.1) is 0 Å². The van der Waals surface area contributed by atoms with E-state index in [1.54, 1.807) is 193 Å². The minimum atomic E-state index is 0.932. The highest BCUT2D eigenvalue weighted by atomic mass is 15.2. The molecule has 14 aliphatic rings. The van der Waals surface area contributed by atoms with E-state index in [1.165, 1.54) is 38.5 Å². The summed E-state index contributed by atoms with van der Waals surface area (Å²) in [6.07, 6.45) is 57.4. The normalized spacial score (nSPS) is 54.9. The molecule has 346 valence electrons. The van der Waals surface area contributed by atoms with Crippen molar-refractivity contribution < 1.29 is 0 Å².